The number of nitrogens with zero attached hydrogens (tertiary/aromatic N) is 1. The Bertz CT molecular complexity index is 439. The van der Waals surface area contributed by atoms with Crippen molar-refractivity contribution in [3.63, 3.8) is 0 Å². The highest BCUT2D eigenvalue weighted by Gasteiger charge is 2.65. The molecule has 86 valence electrons. The number of halogens is 1. The van der Waals surface area contributed by atoms with Crippen molar-refractivity contribution in [2.24, 2.45) is 5.73 Å². The summed E-state index contributed by atoms with van der Waals surface area (Å²) in [5, 5.41) is 0. The van der Waals surface area contributed by atoms with E-state index in [-0.39, 0.29) is 11.0 Å². The minimum atomic E-state index is 0.00412. The van der Waals surface area contributed by atoms with Crippen molar-refractivity contribution in [3.8, 4) is 5.75 Å². The summed E-state index contributed by atoms with van der Waals surface area (Å²) in [5.74, 6) is 0.864. The van der Waals surface area contributed by atoms with Crippen LogP contribution in [-0.2, 0) is 5.41 Å². The maximum atomic E-state index is 6.41. The monoisotopic (exact) mass is 282 g/mol. The topological polar surface area (TPSA) is 48.1 Å². The lowest BCUT2D eigenvalue weighted by Gasteiger charge is -2.26. The van der Waals surface area contributed by atoms with E-state index in [0.717, 1.165) is 23.1 Å². The smallest absolute Gasteiger partial charge is 0.142 e. The lowest BCUT2D eigenvalue weighted by Crippen LogP contribution is -2.37. The zero-order chi connectivity index (χ0) is 11.4. The highest BCUT2D eigenvalue weighted by atomic mass is 79.9. The molecule has 1 heterocycles. The molecule has 0 amide bonds. The number of ether oxygens (including phenoxy) is 1. The second kappa shape index (κ2) is 3.20. The first-order chi connectivity index (χ1) is 7.63. The summed E-state index contributed by atoms with van der Waals surface area (Å²) in [6.07, 6.45) is 8.22. The van der Waals surface area contributed by atoms with Crippen LogP contribution in [0.1, 0.15) is 31.2 Å². The molecule has 3 rings (SSSR count). The Morgan fingerprint density at radius 1 is 1.31 bits per heavy atom. The molecular formula is C12H15BrN2O. The van der Waals surface area contributed by atoms with Gasteiger partial charge in [0.2, 0.25) is 0 Å². The fraction of sp³-hybridized carbons (Fsp3) is 0.583. The molecule has 1 aromatic heterocycles. The maximum absolute atomic E-state index is 6.41. The molecule has 0 aromatic carbocycles. The molecule has 2 N–H and O–H groups in total. The van der Waals surface area contributed by atoms with Gasteiger partial charge in [-0.1, -0.05) is 0 Å². The largest absolute Gasteiger partial charge is 0.495 e. The highest BCUT2D eigenvalue weighted by molar-refractivity contribution is 9.10. The quantitative estimate of drug-likeness (QED) is 0.926. The molecule has 0 spiro atoms. The molecule has 3 nitrogen and oxygen atoms in total. The third-order valence-electron chi connectivity index (χ3n) is 4.06. The van der Waals surface area contributed by atoms with Crippen LogP contribution in [0.2, 0.25) is 0 Å². The Hall–Kier alpha value is -0.610. The molecule has 0 atom stereocenters. The van der Waals surface area contributed by atoms with Crippen LogP contribution >= 0.6 is 15.9 Å². The van der Waals surface area contributed by atoms with Crippen LogP contribution in [0.4, 0.5) is 0 Å². The van der Waals surface area contributed by atoms with Crippen molar-refractivity contribution in [2.45, 2.75) is 36.6 Å². The second-order valence-corrected chi connectivity index (χ2v) is 5.79. The van der Waals surface area contributed by atoms with E-state index in [1.165, 1.54) is 18.4 Å². The van der Waals surface area contributed by atoms with Gasteiger partial charge in [-0.3, -0.25) is 4.98 Å². The molecule has 1 aromatic rings. The van der Waals surface area contributed by atoms with E-state index in [0.29, 0.717) is 0 Å². The highest BCUT2D eigenvalue weighted by Crippen LogP contribution is 2.66. The Labute approximate surface area is 104 Å². The van der Waals surface area contributed by atoms with Gasteiger partial charge in [0.15, 0.2) is 0 Å². The maximum Gasteiger partial charge on any atom is 0.142 e. The van der Waals surface area contributed by atoms with Crippen LogP contribution in [0, 0.1) is 0 Å². The lowest BCUT2D eigenvalue weighted by atomic mass is 9.86. The third kappa shape index (κ3) is 1.26. The van der Waals surface area contributed by atoms with Gasteiger partial charge in [-0.15, -0.1) is 0 Å². The molecule has 2 saturated carbocycles. The third-order valence-corrected chi connectivity index (χ3v) is 4.66. The van der Waals surface area contributed by atoms with Gasteiger partial charge in [0.1, 0.15) is 5.75 Å². The fourth-order valence-electron chi connectivity index (χ4n) is 2.77. The number of nitrogens with two attached hydrogens (primary N) is 1. The van der Waals surface area contributed by atoms with Gasteiger partial charge in [0.05, 0.1) is 13.3 Å². The normalized spacial score (nSPS) is 23.9. The van der Waals surface area contributed by atoms with Crippen molar-refractivity contribution in [2.75, 3.05) is 7.11 Å². The molecule has 0 aliphatic heterocycles. The Morgan fingerprint density at radius 2 is 2.00 bits per heavy atom. The SMILES string of the molecule is COc1cncc(Br)c1C1(C2(N)CC2)CC1. The Balaban J connectivity index is 2.13. The Morgan fingerprint density at radius 3 is 2.50 bits per heavy atom. The number of pyridine rings is 1. The van der Waals surface area contributed by atoms with Gasteiger partial charge in [-0.25, -0.2) is 0 Å². The summed E-state index contributed by atoms with van der Waals surface area (Å²) < 4.78 is 6.46. The molecule has 2 fully saturated rings. The first-order valence-electron chi connectivity index (χ1n) is 5.60. The average molecular weight is 283 g/mol. The summed E-state index contributed by atoms with van der Waals surface area (Å²) >= 11 is 3.59. The van der Waals surface area contributed by atoms with Crippen LogP contribution in [0.25, 0.3) is 0 Å². The number of hydrogen-bond donors (Lipinski definition) is 1. The second-order valence-electron chi connectivity index (χ2n) is 4.94. The van der Waals surface area contributed by atoms with Crippen LogP contribution in [0.5, 0.6) is 5.75 Å². The van der Waals surface area contributed by atoms with Crippen LogP contribution in [0.3, 0.4) is 0 Å². The standard InChI is InChI=1S/C12H15BrN2O/c1-16-9-7-15-6-8(13)10(9)11(2-3-11)12(14)4-5-12/h6-7H,2-5,14H2,1H3. The molecule has 0 bridgehead atoms. The molecule has 16 heavy (non-hydrogen) atoms. The minimum Gasteiger partial charge on any atom is -0.495 e. The van der Waals surface area contributed by atoms with Crippen LogP contribution < -0.4 is 10.5 Å². The fourth-order valence-corrected chi connectivity index (χ4v) is 3.46. The summed E-state index contributed by atoms with van der Waals surface area (Å²) in [5.41, 5.74) is 7.78. The van der Waals surface area contributed by atoms with Gasteiger partial charge in [-0.2, -0.15) is 0 Å². The molecular weight excluding hydrogens is 268 g/mol. The molecule has 2 aliphatic carbocycles. The predicted molar refractivity (Wildman–Crippen MR) is 65.6 cm³/mol. The van der Waals surface area contributed by atoms with E-state index in [4.69, 9.17) is 10.5 Å². The first-order valence-corrected chi connectivity index (χ1v) is 6.39. The Kier molecular flexibility index (Phi) is 2.11. The number of rotatable bonds is 3. The lowest BCUT2D eigenvalue weighted by molar-refractivity contribution is 0.390. The van der Waals surface area contributed by atoms with Crippen molar-refractivity contribution < 1.29 is 4.74 Å². The average Bonchev–Trinajstić information content (AvgIpc) is 3.14. The van der Waals surface area contributed by atoms with E-state index < -0.39 is 0 Å². The van der Waals surface area contributed by atoms with E-state index >= 15 is 0 Å². The van der Waals surface area contributed by atoms with E-state index in [9.17, 15) is 0 Å². The van der Waals surface area contributed by atoms with Crippen molar-refractivity contribution in [3.05, 3.63) is 22.4 Å². The predicted octanol–water partition coefficient (Wildman–Crippen LogP) is 2.38. The molecule has 0 saturated heterocycles. The van der Waals surface area contributed by atoms with Crippen LogP contribution in [0.15, 0.2) is 16.9 Å². The molecule has 2 aliphatic rings. The van der Waals surface area contributed by atoms with E-state index in [1.807, 2.05) is 6.20 Å². The van der Waals surface area contributed by atoms with Crippen molar-refractivity contribution in [1.29, 1.82) is 0 Å². The number of hydrogen-bond acceptors (Lipinski definition) is 3. The number of aromatic nitrogens is 1. The zero-order valence-electron chi connectivity index (χ0n) is 9.29. The number of methoxy groups -OCH3 is 1. The minimum absolute atomic E-state index is 0.00412. The van der Waals surface area contributed by atoms with Crippen molar-refractivity contribution in [1.82, 2.24) is 4.98 Å². The van der Waals surface area contributed by atoms with E-state index in [2.05, 4.69) is 20.9 Å². The summed E-state index contributed by atoms with van der Waals surface area (Å²) in [6, 6.07) is 0. The van der Waals surface area contributed by atoms with Gasteiger partial charge in [-0.05, 0) is 41.6 Å². The van der Waals surface area contributed by atoms with Gasteiger partial charge >= 0.3 is 0 Å². The van der Waals surface area contributed by atoms with E-state index in [1.54, 1.807) is 13.3 Å². The zero-order valence-corrected chi connectivity index (χ0v) is 10.9. The van der Waals surface area contributed by atoms with Crippen molar-refractivity contribution >= 4 is 15.9 Å². The molecule has 4 heteroatoms. The molecule has 0 radical (unpaired) electrons. The van der Waals surface area contributed by atoms with Crippen LogP contribution in [-0.4, -0.2) is 17.6 Å². The van der Waals surface area contributed by atoms with Gasteiger partial charge in [0, 0.05) is 27.2 Å². The van der Waals surface area contributed by atoms with Gasteiger partial charge < -0.3 is 10.5 Å². The summed E-state index contributed by atoms with van der Waals surface area (Å²) in [7, 11) is 1.69. The molecule has 0 unspecified atom stereocenters. The van der Waals surface area contributed by atoms with Gasteiger partial charge in [0.25, 0.3) is 0 Å². The summed E-state index contributed by atoms with van der Waals surface area (Å²) in [4.78, 5) is 4.15. The first kappa shape index (κ1) is 10.5. The summed E-state index contributed by atoms with van der Waals surface area (Å²) in [6.45, 7) is 0.